The smallest absolute Gasteiger partial charge is 0.245 e. The first-order chi connectivity index (χ1) is 18.2. The molecule has 10 heteroatoms. The number of aromatic nitrogens is 1. The molecule has 0 saturated carbocycles. The van der Waals surface area contributed by atoms with Gasteiger partial charge in [0.25, 0.3) is 0 Å². The van der Waals surface area contributed by atoms with Crippen molar-refractivity contribution in [2.45, 2.75) is 38.8 Å². The van der Waals surface area contributed by atoms with E-state index in [-0.39, 0.29) is 37.0 Å². The van der Waals surface area contributed by atoms with Gasteiger partial charge in [-0.05, 0) is 55.0 Å². The van der Waals surface area contributed by atoms with Crippen LogP contribution in [0, 0.1) is 23.5 Å². The lowest BCUT2D eigenvalue weighted by Gasteiger charge is -2.34. The Hall–Kier alpha value is -3.79. The van der Waals surface area contributed by atoms with Gasteiger partial charge in [0, 0.05) is 55.8 Å². The summed E-state index contributed by atoms with van der Waals surface area (Å²) in [7, 11) is 0. The van der Waals surface area contributed by atoms with Gasteiger partial charge in [0.1, 0.15) is 23.6 Å². The number of fused-ring (bicyclic) bond motifs is 1. The third-order valence-corrected chi connectivity index (χ3v) is 7.07. The van der Waals surface area contributed by atoms with Gasteiger partial charge in [0.15, 0.2) is 0 Å². The molecule has 0 radical (unpaired) electrons. The van der Waals surface area contributed by atoms with Gasteiger partial charge in [-0.15, -0.1) is 0 Å². The molecule has 1 aliphatic rings. The molecule has 1 aliphatic heterocycles. The summed E-state index contributed by atoms with van der Waals surface area (Å²) in [6.07, 6.45) is 3.39. The number of aromatic amines is 1. The van der Waals surface area contributed by atoms with Gasteiger partial charge in [-0.3, -0.25) is 14.4 Å². The van der Waals surface area contributed by atoms with E-state index in [9.17, 15) is 28.3 Å². The summed E-state index contributed by atoms with van der Waals surface area (Å²) >= 11 is 0. The molecule has 1 saturated heterocycles. The van der Waals surface area contributed by atoms with Crippen LogP contribution in [0.1, 0.15) is 30.9 Å². The van der Waals surface area contributed by atoms with Crippen LogP contribution in [-0.2, 0) is 27.3 Å². The topological polar surface area (TPSA) is 115 Å². The van der Waals surface area contributed by atoms with E-state index < -0.39 is 35.4 Å². The Labute approximate surface area is 219 Å². The summed E-state index contributed by atoms with van der Waals surface area (Å²) in [6, 6.07) is 9.68. The van der Waals surface area contributed by atoms with Crippen LogP contribution in [-0.4, -0.2) is 58.5 Å². The minimum absolute atomic E-state index is 0.0758. The number of rotatable bonds is 9. The molecular weight excluding hydrogens is 494 g/mol. The van der Waals surface area contributed by atoms with Crippen molar-refractivity contribution in [2.24, 2.45) is 11.8 Å². The standard InChI is InChI=1S/C28H32F2N4O4/c1-17(26(36)32-14-19-10-21(29)13-22(30)11-19)27(37)33-25(28(38)34-8-6-18(16-35)7-9-34)12-20-15-31-24-5-3-2-4-23(20)24/h2-5,10-11,13,15,17-18,25,31,35H,6-9,12,14,16H2,1H3,(H,32,36)(H,33,37). The normalized spacial score (nSPS) is 15.7. The average molecular weight is 527 g/mol. The predicted molar refractivity (Wildman–Crippen MR) is 138 cm³/mol. The summed E-state index contributed by atoms with van der Waals surface area (Å²) in [5, 5.41) is 15.7. The molecule has 4 rings (SSSR count). The van der Waals surface area contributed by atoms with Gasteiger partial charge in [-0.25, -0.2) is 8.78 Å². The van der Waals surface area contributed by atoms with Crippen molar-refractivity contribution in [3.63, 3.8) is 0 Å². The Morgan fingerprint density at radius 1 is 1.08 bits per heavy atom. The van der Waals surface area contributed by atoms with Gasteiger partial charge in [0.2, 0.25) is 17.7 Å². The molecular formula is C28H32F2N4O4. The second-order valence-electron chi connectivity index (χ2n) is 9.79. The highest BCUT2D eigenvalue weighted by atomic mass is 19.1. The lowest BCUT2D eigenvalue weighted by Crippen LogP contribution is -2.53. The molecule has 2 aromatic carbocycles. The molecule has 38 heavy (non-hydrogen) atoms. The number of aliphatic hydroxyl groups excluding tert-OH is 1. The van der Waals surface area contributed by atoms with E-state index in [4.69, 9.17) is 0 Å². The Morgan fingerprint density at radius 3 is 2.45 bits per heavy atom. The number of hydrogen-bond acceptors (Lipinski definition) is 4. The Bertz CT molecular complexity index is 1280. The highest BCUT2D eigenvalue weighted by Crippen LogP contribution is 2.22. The van der Waals surface area contributed by atoms with Gasteiger partial charge < -0.3 is 25.6 Å². The lowest BCUT2D eigenvalue weighted by molar-refractivity contribution is -0.141. The molecule has 2 atom stereocenters. The number of carbonyl (C=O) groups excluding carboxylic acids is 3. The van der Waals surface area contributed by atoms with Crippen LogP contribution in [0.5, 0.6) is 0 Å². The minimum atomic E-state index is -1.15. The molecule has 0 aliphatic carbocycles. The van der Waals surface area contributed by atoms with Crippen molar-refractivity contribution in [3.8, 4) is 0 Å². The third kappa shape index (κ3) is 6.55. The van der Waals surface area contributed by atoms with E-state index in [1.807, 2.05) is 30.5 Å². The Balaban J connectivity index is 1.45. The second kappa shape index (κ2) is 12.2. The van der Waals surface area contributed by atoms with Crippen molar-refractivity contribution >= 4 is 28.6 Å². The van der Waals surface area contributed by atoms with Crippen LogP contribution in [0.25, 0.3) is 10.9 Å². The molecule has 4 N–H and O–H groups in total. The number of amides is 3. The first-order valence-electron chi connectivity index (χ1n) is 12.7. The Morgan fingerprint density at radius 2 is 1.76 bits per heavy atom. The van der Waals surface area contributed by atoms with Crippen LogP contribution in [0.15, 0.2) is 48.7 Å². The van der Waals surface area contributed by atoms with E-state index >= 15 is 0 Å². The number of likely N-dealkylation sites (tertiary alicyclic amines) is 1. The van der Waals surface area contributed by atoms with Crippen LogP contribution in [0.4, 0.5) is 8.78 Å². The minimum Gasteiger partial charge on any atom is -0.396 e. The van der Waals surface area contributed by atoms with Crippen molar-refractivity contribution < 1.29 is 28.3 Å². The summed E-state index contributed by atoms with van der Waals surface area (Å²) in [5.41, 5.74) is 1.99. The molecule has 1 aromatic heterocycles. The number of H-pyrrole nitrogens is 1. The molecule has 3 aromatic rings. The number of aliphatic hydroxyl groups is 1. The summed E-state index contributed by atoms with van der Waals surface area (Å²) in [5.74, 6) is -4.03. The number of hydrogen-bond donors (Lipinski definition) is 4. The first kappa shape index (κ1) is 27.3. The maximum absolute atomic E-state index is 13.5. The maximum atomic E-state index is 13.5. The molecule has 2 unspecified atom stereocenters. The Kier molecular flexibility index (Phi) is 8.73. The van der Waals surface area contributed by atoms with Gasteiger partial charge in [-0.2, -0.15) is 0 Å². The largest absolute Gasteiger partial charge is 0.396 e. The van der Waals surface area contributed by atoms with E-state index in [0.29, 0.717) is 25.9 Å². The van der Waals surface area contributed by atoms with E-state index in [0.717, 1.165) is 34.7 Å². The molecule has 3 amide bonds. The van der Waals surface area contributed by atoms with Crippen LogP contribution < -0.4 is 10.6 Å². The van der Waals surface area contributed by atoms with E-state index in [1.54, 1.807) is 4.90 Å². The van der Waals surface area contributed by atoms with Crippen LogP contribution in [0.3, 0.4) is 0 Å². The van der Waals surface area contributed by atoms with Crippen LogP contribution >= 0.6 is 0 Å². The number of halogens is 2. The summed E-state index contributed by atoms with van der Waals surface area (Å²) in [4.78, 5) is 44.1. The highest BCUT2D eigenvalue weighted by molar-refractivity contribution is 6.01. The quantitative estimate of drug-likeness (QED) is 0.321. The molecule has 1 fully saturated rings. The number of piperidine rings is 1. The lowest BCUT2D eigenvalue weighted by atomic mass is 9.96. The highest BCUT2D eigenvalue weighted by Gasteiger charge is 2.32. The monoisotopic (exact) mass is 526 g/mol. The van der Waals surface area contributed by atoms with Gasteiger partial charge in [0.05, 0.1) is 0 Å². The molecule has 0 bridgehead atoms. The predicted octanol–water partition coefficient (Wildman–Crippen LogP) is 2.66. The zero-order valence-corrected chi connectivity index (χ0v) is 21.2. The third-order valence-electron chi connectivity index (χ3n) is 7.07. The van der Waals surface area contributed by atoms with Crippen molar-refractivity contribution in [3.05, 3.63) is 71.4 Å². The summed E-state index contributed by atoms with van der Waals surface area (Å²) in [6.45, 7) is 2.29. The van der Waals surface area contributed by atoms with Crippen molar-refractivity contribution in [1.82, 2.24) is 20.5 Å². The van der Waals surface area contributed by atoms with E-state index in [1.165, 1.54) is 6.92 Å². The zero-order valence-electron chi connectivity index (χ0n) is 21.2. The number of benzene rings is 2. The maximum Gasteiger partial charge on any atom is 0.245 e. The van der Waals surface area contributed by atoms with Crippen molar-refractivity contribution in [1.29, 1.82) is 0 Å². The van der Waals surface area contributed by atoms with Gasteiger partial charge in [-0.1, -0.05) is 18.2 Å². The molecule has 0 spiro atoms. The van der Waals surface area contributed by atoms with Crippen LogP contribution in [0.2, 0.25) is 0 Å². The number of nitrogens with zero attached hydrogens (tertiary/aromatic N) is 1. The SMILES string of the molecule is CC(C(=O)NCc1cc(F)cc(F)c1)C(=O)NC(Cc1c[nH]c2ccccc12)C(=O)N1CCC(CO)CC1. The number of nitrogens with one attached hydrogen (secondary N) is 3. The second-order valence-corrected chi connectivity index (χ2v) is 9.79. The fraction of sp³-hybridized carbons (Fsp3) is 0.393. The van der Waals surface area contributed by atoms with Gasteiger partial charge >= 0.3 is 0 Å². The zero-order chi connectivity index (χ0) is 27.2. The summed E-state index contributed by atoms with van der Waals surface area (Å²) < 4.78 is 26.9. The number of para-hydroxylation sites is 1. The van der Waals surface area contributed by atoms with E-state index in [2.05, 4.69) is 15.6 Å². The average Bonchev–Trinajstić information content (AvgIpc) is 3.32. The number of carbonyl (C=O) groups is 3. The fourth-order valence-electron chi connectivity index (χ4n) is 4.75. The first-order valence-corrected chi connectivity index (χ1v) is 12.7. The molecule has 8 nitrogen and oxygen atoms in total. The van der Waals surface area contributed by atoms with Crippen molar-refractivity contribution in [2.75, 3.05) is 19.7 Å². The fourth-order valence-corrected chi connectivity index (χ4v) is 4.75. The molecule has 202 valence electrons. The molecule has 2 heterocycles.